The van der Waals surface area contributed by atoms with Gasteiger partial charge in [0.05, 0.1) is 0 Å². The van der Waals surface area contributed by atoms with E-state index in [2.05, 4.69) is 61.7 Å². The molecular weight excluding hydrogens is 442 g/mol. The lowest BCUT2D eigenvalue weighted by Crippen LogP contribution is -2.38. The normalized spacial score (nSPS) is 17.8. The molecule has 150 valence electrons. The smallest absolute Gasteiger partial charge is 0.324 e. The second kappa shape index (κ2) is 8.32. The van der Waals surface area contributed by atoms with Gasteiger partial charge in [0.1, 0.15) is 21.1 Å². The van der Waals surface area contributed by atoms with Crippen LogP contribution >= 0.6 is 27.3 Å². The molecule has 28 heavy (non-hydrogen) atoms. The van der Waals surface area contributed by atoms with Crippen LogP contribution in [0, 0.1) is 5.92 Å². The van der Waals surface area contributed by atoms with Crippen LogP contribution in [0.25, 0.3) is 10.3 Å². The molecule has 3 aromatic heterocycles. The summed E-state index contributed by atoms with van der Waals surface area (Å²) >= 11 is 4.89. The maximum absolute atomic E-state index is 6.15. The Balaban J connectivity index is 1.34. The lowest BCUT2D eigenvalue weighted by Gasteiger charge is -2.33. The molecule has 0 N–H and O–H groups in total. The van der Waals surface area contributed by atoms with E-state index in [-0.39, 0.29) is 6.10 Å². The van der Waals surface area contributed by atoms with Crippen LogP contribution in [0.4, 0.5) is 6.01 Å². The van der Waals surface area contributed by atoms with Crippen LogP contribution in [0.3, 0.4) is 0 Å². The van der Waals surface area contributed by atoms with Gasteiger partial charge < -0.3 is 14.2 Å². The number of anilines is 1. The summed E-state index contributed by atoms with van der Waals surface area (Å²) in [5, 5.41) is 4.82. The van der Waals surface area contributed by atoms with Gasteiger partial charge in [-0.15, -0.1) is 0 Å². The van der Waals surface area contributed by atoms with Crippen molar-refractivity contribution >= 4 is 43.6 Å². The largest absolute Gasteiger partial charge is 0.467 e. The number of hydrogen-bond acceptors (Lipinski definition) is 8. The number of pyridine rings is 1. The summed E-state index contributed by atoms with van der Waals surface area (Å²) in [5.74, 6) is 1.60. The predicted molar refractivity (Wildman–Crippen MR) is 113 cm³/mol. The second-order valence-electron chi connectivity index (χ2n) is 7.33. The molecule has 0 saturated carbocycles. The highest BCUT2D eigenvalue weighted by molar-refractivity contribution is 9.10. The Labute approximate surface area is 176 Å². The Kier molecular flexibility index (Phi) is 5.82. The maximum Gasteiger partial charge on any atom is 0.324 e. The lowest BCUT2D eigenvalue weighted by atomic mass is 9.92. The second-order valence-corrected chi connectivity index (χ2v) is 9.08. The SMILES string of the molecule is CCC(C)c1noc(N2CCC(C(C)Oc3nc4ccc(Br)nc4s3)CC2)n1. The van der Waals surface area contributed by atoms with Crippen molar-refractivity contribution in [1.29, 1.82) is 0 Å². The van der Waals surface area contributed by atoms with E-state index in [1.54, 1.807) is 0 Å². The lowest BCUT2D eigenvalue weighted by molar-refractivity contribution is 0.131. The minimum Gasteiger partial charge on any atom is -0.467 e. The highest BCUT2D eigenvalue weighted by Crippen LogP contribution is 2.31. The summed E-state index contributed by atoms with van der Waals surface area (Å²) in [4.78, 5) is 16.6. The Morgan fingerprint density at radius 3 is 2.79 bits per heavy atom. The van der Waals surface area contributed by atoms with Crippen LogP contribution in [0.2, 0.25) is 0 Å². The standard InChI is InChI=1S/C19H24BrN5O2S/c1-4-11(2)16-23-18(27-24-16)25-9-7-13(8-10-25)12(3)26-19-21-14-5-6-15(20)22-17(14)28-19/h5-6,11-13H,4,7-10H2,1-3H3. The molecule has 3 aromatic rings. The van der Waals surface area contributed by atoms with E-state index < -0.39 is 0 Å². The monoisotopic (exact) mass is 465 g/mol. The molecule has 0 aromatic carbocycles. The molecule has 1 saturated heterocycles. The first-order valence-electron chi connectivity index (χ1n) is 9.71. The van der Waals surface area contributed by atoms with E-state index in [1.807, 2.05) is 12.1 Å². The maximum atomic E-state index is 6.15. The number of piperidine rings is 1. The summed E-state index contributed by atoms with van der Waals surface area (Å²) < 4.78 is 12.4. The molecule has 4 heterocycles. The fourth-order valence-corrected chi connectivity index (χ4v) is 4.68. The van der Waals surface area contributed by atoms with Crippen molar-refractivity contribution in [3.8, 4) is 5.19 Å². The molecule has 2 atom stereocenters. The van der Waals surface area contributed by atoms with Crippen LogP contribution in [0.5, 0.6) is 5.19 Å². The van der Waals surface area contributed by atoms with Crippen molar-refractivity contribution in [2.45, 2.75) is 52.1 Å². The zero-order valence-corrected chi connectivity index (χ0v) is 18.7. The average Bonchev–Trinajstić information content (AvgIpc) is 3.34. The number of halogens is 1. The molecular formula is C19H24BrN5O2S. The molecule has 9 heteroatoms. The van der Waals surface area contributed by atoms with Gasteiger partial charge in [-0.3, -0.25) is 0 Å². The molecule has 0 spiro atoms. The quantitative estimate of drug-likeness (QED) is 0.472. The molecule has 0 radical (unpaired) electrons. The van der Waals surface area contributed by atoms with Gasteiger partial charge in [-0.25, -0.2) is 9.97 Å². The first-order chi connectivity index (χ1) is 13.5. The van der Waals surface area contributed by atoms with E-state index >= 15 is 0 Å². The molecule has 2 unspecified atom stereocenters. The highest BCUT2D eigenvalue weighted by Gasteiger charge is 2.28. The van der Waals surface area contributed by atoms with Crippen LogP contribution in [-0.4, -0.2) is 39.3 Å². The van der Waals surface area contributed by atoms with E-state index in [4.69, 9.17) is 9.26 Å². The Morgan fingerprint density at radius 1 is 1.25 bits per heavy atom. The van der Waals surface area contributed by atoms with E-state index in [0.29, 0.717) is 23.0 Å². The first-order valence-corrected chi connectivity index (χ1v) is 11.3. The summed E-state index contributed by atoms with van der Waals surface area (Å²) in [7, 11) is 0. The number of aromatic nitrogens is 4. The zero-order valence-electron chi connectivity index (χ0n) is 16.3. The van der Waals surface area contributed by atoms with Crippen LogP contribution in [-0.2, 0) is 0 Å². The molecule has 1 fully saturated rings. The molecule has 0 amide bonds. The van der Waals surface area contributed by atoms with Gasteiger partial charge in [0.15, 0.2) is 5.82 Å². The summed E-state index contributed by atoms with van der Waals surface area (Å²) in [5.41, 5.74) is 0.874. The van der Waals surface area contributed by atoms with Gasteiger partial charge in [0.25, 0.3) is 5.19 Å². The van der Waals surface area contributed by atoms with E-state index in [9.17, 15) is 0 Å². The summed E-state index contributed by atoms with van der Waals surface area (Å²) in [6.45, 7) is 8.18. The topological polar surface area (TPSA) is 77.2 Å². The molecule has 7 nitrogen and oxygen atoms in total. The average molecular weight is 466 g/mol. The number of thiazole rings is 1. The van der Waals surface area contributed by atoms with Gasteiger partial charge in [-0.1, -0.05) is 30.3 Å². The predicted octanol–water partition coefficient (Wildman–Crippen LogP) is 5.03. The minimum atomic E-state index is 0.101. The fourth-order valence-electron chi connectivity index (χ4n) is 3.38. The van der Waals surface area contributed by atoms with Crippen molar-refractivity contribution in [1.82, 2.24) is 20.1 Å². The van der Waals surface area contributed by atoms with Crippen molar-refractivity contribution in [3.63, 3.8) is 0 Å². The van der Waals surface area contributed by atoms with Crippen molar-refractivity contribution in [2.75, 3.05) is 18.0 Å². The third-order valence-corrected chi connectivity index (χ3v) is 6.74. The van der Waals surface area contributed by atoms with Gasteiger partial charge in [0.2, 0.25) is 0 Å². The minimum absolute atomic E-state index is 0.101. The first kappa shape index (κ1) is 19.6. The van der Waals surface area contributed by atoms with Gasteiger partial charge in [-0.2, -0.15) is 4.98 Å². The molecule has 1 aliphatic rings. The van der Waals surface area contributed by atoms with E-state index in [0.717, 1.165) is 53.1 Å². The van der Waals surface area contributed by atoms with Gasteiger partial charge in [0, 0.05) is 19.0 Å². The van der Waals surface area contributed by atoms with Crippen molar-refractivity contribution in [2.24, 2.45) is 5.92 Å². The third-order valence-electron chi connectivity index (χ3n) is 5.45. The van der Waals surface area contributed by atoms with Gasteiger partial charge >= 0.3 is 6.01 Å². The Bertz CT molecular complexity index is 937. The van der Waals surface area contributed by atoms with Crippen LogP contribution in [0.1, 0.15) is 51.8 Å². The summed E-state index contributed by atoms with van der Waals surface area (Å²) in [6.07, 6.45) is 3.16. The Morgan fingerprint density at radius 2 is 2.04 bits per heavy atom. The van der Waals surface area contributed by atoms with Crippen LogP contribution < -0.4 is 9.64 Å². The summed E-state index contributed by atoms with van der Waals surface area (Å²) in [6, 6.07) is 4.50. The molecule has 1 aliphatic heterocycles. The van der Waals surface area contributed by atoms with Crippen molar-refractivity contribution < 1.29 is 9.26 Å². The van der Waals surface area contributed by atoms with Crippen LogP contribution in [0.15, 0.2) is 21.3 Å². The molecule has 0 aliphatic carbocycles. The van der Waals surface area contributed by atoms with Crippen molar-refractivity contribution in [3.05, 3.63) is 22.6 Å². The Hall–Kier alpha value is -1.74. The van der Waals surface area contributed by atoms with E-state index in [1.165, 1.54) is 11.3 Å². The zero-order chi connectivity index (χ0) is 19.7. The fraction of sp³-hybridized carbons (Fsp3) is 0.579. The number of ether oxygens (including phenoxy) is 1. The highest BCUT2D eigenvalue weighted by atomic mass is 79.9. The molecule has 4 rings (SSSR count). The number of fused-ring (bicyclic) bond motifs is 1. The third kappa shape index (κ3) is 4.15. The molecule has 0 bridgehead atoms. The van der Waals surface area contributed by atoms with Gasteiger partial charge in [-0.05, 0) is 60.2 Å². The number of rotatable bonds is 6. The number of hydrogen-bond donors (Lipinski definition) is 0. The number of nitrogens with zero attached hydrogens (tertiary/aromatic N) is 5.